The van der Waals surface area contributed by atoms with Crippen LogP contribution in [0.4, 0.5) is 24.5 Å². The molecule has 2 aliphatic heterocycles. The van der Waals surface area contributed by atoms with Crippen molar-refractivity contribution in [2.75, 3.05) is 50.6 Å². The number of halogens is 3. The second-order valence-electron chi connectivity index (χ2n) is 14.0. The Balaban J connectivity index is 1.14. The normalized spacial score (nSPS) is 23.2. The number of piperidine rings is 1. The molecule has 0 bridgehead atoms. The van der Waals surface area contributed by atoms with E-state index in [9.17, 15) is 21.6 Å². The Morgan fingerprint density at radius 3 is 2.39 bits per heavy atom. The van der Waals surface area contributed by atoms with Crippen LogP contribution in [0.3, 0.4) is 0 Å². The van der Waals surface area contributed by atoms with Gasteiger partial charge in [-0.25, -0.2) is 13.6 Å². The number of nitrogens with zero attached hydrogens (tertiary/aromatic N) is 2. The molecule has 0 unspecified atom stereocenters. The quantitative estimate of drug-likeness (QED) is 0.236. The maximum Gasteiger partial charge on any atom is 0.406 e. The van der Waals surface area contributed by atoms with Crippen LogP contribution >= 0.6 is 0 Å². The first kappa shape index (κ1) is 35.4. The van der Waals surface area contributed by atoms with E-state index in [1.807, 2.05) is 6.07 Å². The molecule has 0 amide bonds. The van der Waals surface area contributed by atoms with Crippen LogP contribution in [0.15, 0.2) is 47.4 Å². The number of fused-ring (bicyclic) bond motifs is 1. The standard InChI is InChI=1S/C36H46F3N5O4S/c1-34(43-19-14-35(15-20-43)16-21-48-22-17-35)12-10-26(11-13-34)42-30-6-3-7-32-29(30)23-27(44(32)25-36(37,38)39)5-4-18-41-31-9-8-28(49(40,45)46)24-33(31)47-2/h3,6-9,23-24,26,41-42H,10-22,25H2,1-2H3,(H2,40,45,46). The predicted molar refractivity (Wildman–Crippen MR) is 185 cm³/mol. The first-order chi connectivity index (χ1) is 23.3. The molecule has 49 heavy (non-hydrogen) atoms. The van der Waals surface area contributed by atoms with Crippen molar-refractivity contribution in [3.8, 4) is 17.6 Å². The lowest BCUT2D eigenvalue weighted by Gasteiger charge is -2.52. The summed E-state index contributed by atoms with van der Waals surface area (Å²) in [5.41, 5.74) is 2.63. The lowest BCUT2D eigenvalue weighted by atomic mass is 9.70. The third-order valence-electron chi connectivity index (χ3n) is 10.9. The van der Waals surface area contributed by atoms with Crippen LogP contribution in [0.5, 0.6) is 5.75 Å². The van der Waals surface area contributed by atoms with E-state index in [1.54, 1.807) is 18.2 Å². The highest BCUT2D eigenvalue weighted by Crippen LogP contribution is 2.45. The van der Waals surface area contributed by atoms with Gasteiger partial charge in [-0.15, -0.1) is 0 Å². The fraction of sp³-hybridized carbons (Fsp3) is 0.556. The zero-order valence-corrected chi connectivity index (χ0v) is 29.0. The molecule has 1 spiro atoms. The Morgan fingerprint density at radius 2 is 1.73 bits per heavy atom. The predicted octanol–water partition coefficient (Wildman–Crippen LogP) is 6.33. The summed E-state index contributed by atoms with van der Waals surface area (Å²) in [4.78, 5) is 2.60. The van der Waals surface area contributed by atoms with Crippen molar-refractivity contribution in [3.05, 3.63) is 48.2 Å². The van der Waals surface area contributed by atoms with Gasteiger partial charge in [-0.05, 0) is 113 Å². The first-order valence-corrected chi connectivity index (χ1v) is 18.5. The molecule has 9 nitrogen and oxygen atoms in total. The summed E-state index contributed by atoms with van der Waals surface area (Å²) in [5.74, 6) is 6.08. The number of sulfonamides is 1. The highest BCUT2D eigenvalue weighted by Gasteiger charge is 2.42. The van der Waals surface area contributed by atoms with Crippen molar-refractivity contribution in [1.82, 2.24) is 9.47 Å². The SMILES string of the molecule is COc1cc(S(N)(=O)=O)ccc1NCC#Cc1cc2c(NC3CCC(C)(N4CCC5(CCOCC5)CC4)CC3)cccc2n1CC(F)(F)F. The van der Waals surface area contributed by atoms with Gasteiger partial charge in [0, 0.05) is 41.9 Å². The molecule has 0 atom stereocenters. The van der Waals surface area contributed by atoms with E-state index in [0.29, 0.717) is 22.0 Å². The Morgan fingerprint density at radius 1 is 1.02 bits per heavy atom. The van der Waals surface area contributed by atoms with Crippen LogP contribution in [-0.4, -0.2) is 75.6 Å². The van der Waals surface area contributed by atoms with Gasteiger partial charge < -0.3 is 24.7 Å². The number of hydrogen-bond donors (Lipinski definition) is 3. The second kappa shape index (κ2) is 14.1. The average molecular weight is 702 g/mol. The molecule has 1 aliphatic carbocycles. The van der Waals surface area contributed by atoms with Crippen LogP contribution in [0.25, 0.3) is 10.9 Å². The largest absolute Gasteiger partial charge is 0.495 e. The number of nitrogens with two attached hydrogens (primary N) is 1. The summed E-state index contributed by atoms with van der Waals surface area (Å²) < 4.78 is 76.8. The van der Waals surface area contributed by atoms with E-state index in [2.05, 4.69) is 34.3 Å². The highest BCUT2D eigenvalue weighted by molar-refractivity contribution is 7.89. The average Bonchev–Trinajstić information content (AvgIpc) is 3.40. The minimum Gasteiger partial charge on any atom is -0.495 e. The molecular formula is C36H46F3N5O4S. The fourth-order valence-corrected chi connectivity index (χ4v) is 8.41. The topological polar surface area (TPSA) is 111 Å². The zero-order chi connectivity index (χ0) is 34.9. The molecule has 3 heterocycles. The molecule has 1 saturated carbocycles. The number of likely N-dealkylation sites (tertiary alicyclic amines) is 1. The van der Waals surface area contributed by atoms with Crippen LogP contribution < -0.4 is 20.5 Å². The van der Waals surface area contributed by atoms with Gasteiger partial charge in [0.15, 0.2) is 0 Å². The third-order valence-corrected chi connectivity index (χ3v) is 11.8. The lowest BCUT2D eigenvalue weighted by Crippen LogP contribution is -2.55. The van der Waals surface area contributed by atoms with Crippen molar-refractivity contribution >= 4 is 32.3 Å². The van der Waals surface area contributed by atoms with Gasteiger partial charge in [0.05, 0.1) is 35.4 Å². The Hall–Kier alpha value is -3.44. The van der Waals surface area contributed by atoms with Gasteiger partial charge in [-0.3, -0.25) is 4.90 Å². The maximum atomic E-state index is 13.8. The number of ether oxygens (including phenoxy) is 2. The molecule has 1 aromatic heterocycles. The molecule has 3 aliphatic rings. The van der Waals surface area contributed by atoms with Gasteiger partial charge in [0.1, 0.15) is 12.3 Å². The molecule has 2 aromatic carbocycles. The molecule has 0 radical (unpaired) electrons. The Labute approximate surface area is 286 Å². The summed E-state index contributed by atoms with van der Waals surface area (Å²) >= 11 is 0. The lowest BCUT2D eigenvalue weighted by molar-refractivity contribution is -0.140. The van der Waals surface area contributed by atoms with Crippen LogP contribution in [-0.2, 0) is 21.3 Å². The molecule has 13 heteroatoms. The van der Waals surface area contributed by atoms with E-state index in [0.717, 1.165) is 57.7 Å². The van der Waals surface area contributed by atoms with Crippen molar-refractivity contribution in [2.24, 2.45) is 10.6 Å². The van der Waals surface area contributed by atoms with Crippen molar-refractivity contribution < 1.29 is 31.1 Å². The molecule has 3 fully saturated rings. The number of methoxy groups -OCH3 is 1. The number of primary sulfonamides is 1. The highest BCUT2D eigenvalue weighted by atomic mass is 32.2. The molecule has 4 N–H and O–H groups in total. The van der Waals surface area contributed by atoms with Gasteiger partial charge in [-0.1, -0.05) is 12.0 Å². The van der Waals surface area contributed by atoms with E-state index >= 15 is 0 Å². The molecular weight excluding hydrogens is 655 g/mol. The molecule has 2 saturated heterocycles. The van der Waals surface area contributed by atoms with Crippen molar-refractivity contribution in [1.29, 1.82) is 0 Å². The van der Waals surface area contributed by atoms with E-state index in [4.69, 9.17) is 14.6 Å². The number of rotatable bonds is 8. The fourth-order valence-electron chi connectivity index (χ4n) is 7.88. The smallest absolute Gasteiger partial charge is 0.406 e. The number of benzene rings is 2. The Kier molecular flexibility index (Phi) is 10.2. The number of alkyl halides is 3. The molecule has 3 aromatic rings. The van der Waals surface area contributed by atoms with E-state index in [-0.39, 0.29) is 34.5 Å². The monoisotopic (exact) mass is 701 g/mol. The van der Waals surface area contributed by atoms with Crippen LogP contribution in [0.1, 0.15) is 64.0 Å². The zero-order valence-electron chi connectivity index (χ0n) is 28.2. The number of aromatic nitrogens is 1. The number of nitrogens with one attached hydrogen (secondary N) is 2. The van der Waals surface area contributed by atoms with E-state index in [1.165, 1.54) is 55.6 Å². The third kappa shape index (κ3) is 8.14. The first-order valence-electron chi connectivity index (χ1n) is 17.0. The Bertz CT molecular complexity index is 1810. The molecule has 6 rings (SSSR count). The maximum absolute atomic E-state index is 13.8. The van der Waals surface area contributed by atoms with Crippen molar-refractivity contribution in [3.63, 3.8) is 0 Å². The second-order valence-corrected chi connectivity index (χ2v) is 15.6. The van der Waals surface area contributed by atoms with Crippen LogP contribution in [0.2, 0.25) is 0 Å². The van der Waals surface area contributed by atoms with E-state index < -0.39 is 22.7 Å². The van der Waals surface area contributed by atoms with Gasteiger partial charge in [-0.2, -0.15) is 13.2 Å². The van der Waals surface area contributed by atoms with Crippen molar-refractivity contribution in [2.45, 2.75) is 87.5 Å². The number of hydrogen-bond acceptors (Lipinski definition) is 7. The van der Waals surface area contributed by atoms with Gasteiger partial charge in [0.25, 0.3) is 0 Å². The van der Waals surface area contributed by atoms with Gasteiger partial charge >= 0.3 is 6.18 Å². The minimum atomic E-state index is -4.44. The minimum absolute atomic E-state index is 0.0803. The molecule has 266 valence electrons. The summed E-state index contributed by atoms with van der Waals surface area (Å²) in [7, 11) is -2.52. The summed E-state index contributed by atoms with van der Waals surface area (Å²) in [6.07, 6.45) is 4.55. The summed E-state index contributed by atoms with van der Waals surface area (Å²) in [6, 6.07) is 11.5. The van der Waals surface area contributed by atoms with Crippen LogP contribution in [0, 0.1) is 17.3 Å². The summed E-state index contributed by atoms with van der Waals surface area (Å²) in [6.45, 7) is 5.37. The number of anilines is 2. The van der Waals surface area contributed by atoms with Gasteiger partial charge in [0.2, 0.25) is 10.0 Å². The summed E-state index contributed by atoms with van der Waals surface area (Å²) in [5, 5.41) is 12.6.